The molecule has 1 amide bonds. The number of aryl methyl sites for hydroxylation is 2. The van der Waals surface area contributed by atoms with Crippen molar-refractivity contribution < 1.29 is 13.2 Å². The van der Waals surface area contributed by atoms with Gasteiger partial charge in [0, 0.05) is 24.7 Å². The van der Waals surface area contributed by atoms with Gasteiger partial charge in [-0.05, 0) is 62.4 Å². The molecule has 5 nitrogen and oxygen atoms in total. The molecule has 1 N–H and O–H groups in total. The van der Waals surface area contributed by atoms with Gasteiger partial charge in [0.05, 0.1) is 4.90 Å². The molecule has 3 rings (SSSR count). The summed E-state index contributed by atoms with van der Waals surface area (Å²) in [5.74, 6) is -0.204. The number of sulfonamides is 1. The summed E-state index contributed by atoms with van der Waals surface area (Å²) in [6.45, 7) is 6.53. The maximum absolute atomic E-state index is 12.9. The zero-order chi connectivity index (χ0) is 19.6. The second-order valence-electron chi connectivity index (χ2n) is 7.18. The molecule has 0 unspecified atom stereocenters. The lowest BCUT2D eigenvalue weighted by Crippen LogP contribution is -2.41. The van der Waals surface area contributed by atoms with Gasteiger partial charge >= 0.3 is 0 Å². The lowest BCUT2D eigenvalue weighted by Gasteiger charge is -2.31. The molecule has 0 aromatic heterocycles. The summed E-state index contributed by atoms with van der Waals surface area (Å²) in [6.07, 6.45) is 1.06. The Labute approximate surface area is 161 Å². The van der Waals surface area contributed by atoms with E-state index in [0.717, 1.165) is 22.4 Å². The predicted molar refractivity (Wildman–Crippen MR) is 107 cm³/mol. The highest BCUT2D eigenvalue weighted by Crippen LogP contribution is 2.27. The van der Waals surface area contributed by atoms with E-state index >= 15 is 0 Å². The van der Waals surface area contributed by atoms with Crippen molar-refractivity contribution in [2.45, 2.75) is 38.5 Å². The number of nitrogens with one attached hydrogen (secondary N) is 1. The fourth-order valence-corrected chi connectivity index (χ4v) is 5.16. The summed E-state index contributed by atoms with van der Waals surface area (Å²) >= 11 is 0. The molecule has 0 aliphatic carbocycles. The Hall–Kier alpha value is -2.18. The topological polar surface area (TPSA) is 66.5 Å². The van der Waals surface area contributed by atoms with E-state index in [1.807, 2.05) is 38.1 Å². The number of rotatable bonds is 4. The molecule has 1 aliphatic rings. The molecule has 1 saturated heterocycles. The van der Waals surface area contributed by atoms with Crippen LogP contribution in [0.15, 0.2) is 47.4 Å². The summed E-state index contributed by atoms with van der Waals surface area (Å²) in [5.41, 5.74) is 3.76. The van der Waals surface area contributed by atoms with Crippen LogP contribution in [0.2, 0.25) is 0 Å². The SMILES string of the molecule is Cc1ccccc1S(=O)(=O)N1CCC(C(=O)Nc2cccc(C)c2C)CC1. The largest absolute Gasteiger partial charge is 0.326 e. The van der Waals surface area contributed by atoms with Gasteiger partial charge in [-0.15, -0.1) is 0 Å². The average Bonchev–Trinajstić information content (AvgIpc) is 2.65. The minimum absolute atomic E-state index is 0.0309. The zero-order valence-corrected chi connectivity index (χ0v) is 16.8. The van der Waals surface area contributed by atoms with Crippen molar-refractivity contribution in [1.29, 1.82) is 0 Å². The van der Waals surface area contributed by atoms with Gasteiger partial charge in [-0.1, -0.05) is 30.3 Å². The molecule has 0 bridgehead atoms. The van der Waals surface area contributed by atoms with Gasteiger partial charge in [-0.2, -0.15) is 4.31 Å². The first-order chi connectivity index (χ1) is 12.8. The summed E-state index contributed by atoms with van der Waals surface area (Å²) in [5, 5.41) is 3.01. The summed E-state index contributed by atoms with van der Waals surface area (Å²) < 4.78 is 27.3. The normalized spacial score (nSPS) is 16.3. The molecule has 1 aliphatic heterocycles. The van der Waals surface area contributed by atoms with E-state index < -0.39 is 10.0 Å². The number of nitrogens with zero attached hydrogens (tertiary/aromatic N) is 1. The lowest BCUT2D eigenvalue weighted by molar-refractivity contribution is -0.120. The van der Waals surface area contributed by atoms with Crippen molar-refractivity contribution in [2.24, 2.45) is 5.92 Å². The van der Waals surface area contributed by atoms with E-state index in [-0.39, 0.29) is 11.8 Å². The second-order valence-corrected chi connectivity index (χ2v) is 9.09. The highest BCUT2D eigenvalue weighted by molar-refractivity contribution is 7.89. The molecule has 27 heavy (non-hydrogen) atoms. The summed E-state index contributed by atoms with van der Waals surface area (Å²) in [4.78, 5) is 13.0. The van der Waals surface area contributed by atoms with Crippen molar-refractivity contribution in [3.63, 3.8) is 0 Å². The zero-order valence-electron chi connectivity index (χ0n) is 16.0. The van der Waals surface area contributed by atoms with Crippen molar-refractivity contribution in [1.82, 2.24) is 4.31 Å². The Kier molecular flexibility index (Phi) is 5.67. The molecule has 6 heteroatoms. The standard InChI is InChI=1S/C21H26N2O3S/c1-15-8-6-9-19(17(15)3)22-21(24)18-11-13-23(14-12-18)27(25,26)20-10-5-4-7-16(20)2/h4-10,18H,11-14H2,1-3H3,(H,22,24). The van der Waals surface area contributed by atoms with Crippen molar-refractivity contribution >= 4 is 21.6 Å². The van der Waals surface area contributed by atoms with Crippen molar-refractivity contribution in [2.75, 3.05) is 18.4 Å². The Morgan fingerprint density at radius 2 is 1.59 bits per heavy atom. The third-order valence-corrected chi connectivity index (χ3v) is 7.46. The van der Waals surface area contributed by atoms with E-state index in [4.69, 9.17) is 0 Å². The summed E-state index contributed by atoms with van der Waals surface area (Å²) in [7, 11) is -3.51. The molecule has 1 fully saturated rings. The van der Waals surface area contributed by atoms with E-state index in [1.165, 1.54) is 4.31 Å². The van der Waals surface area contributed by atoms with Gasteiger partial charge in [0.2, 0.25) is 15.9 Å². The van der Waals surface area contributed by atoms with Crippen LogP contribution < -0.4 is 5.32 Å². The van der Waals surface area contributed by atoms with Crippen LogP contribution in [0.3, 0.4) is 0 Å². The molecular formula is C21H26N2O3S. The monoisotopic (exact) mass is 386 g/mol. The van der Waals surface area contributed by atoms with Crippen LogP contribution >= 0.6 is 0 Å². The number of hydrogen-bond acceptors (Lipinski definition) is 3. The summed E-state index contributed by atoms with van der Waals surface area (Å²) in [6, 6.07) is 12.9. The predicted octanol–water partition coefficient (Wildman–Crippen LogP) is 3.65. The number of carbonyl (C=O) groups excluding carboxylic acids is 1. The first-order valence-corrected chi connectivity index (χ1v) is 10.7. The molecule has 0 saturated carbocycles. The third kappa shape index (κ3) is 4.06. The minimum Gasteiger partial charge on any atom is -0.326 e. The van der Waals surface area contributed by atoms with E-state index in [0.29, 0.717) is 30.8 Å². The van der Waals surface area contributed by atoms with Gasteiger partial charge in [0.1, 0.15) is 0 Å². The van der Waals surface area contributed by atoms with E-state index in [2.05, 4.69) is 5.32 Å². The number of hydrogen-bond donors (Lipinski definition) is 1. The number of amides is 1. The van der Waals surface area contributed by atoms with Gasteiger partial charge in [-0.25, -0.2) is 8.42 Å². The van der Waals surface area contributed by atoms with Crippen LogP contribution in [0.25, 0.3) is 0 Å². The number of benzene rings is 2. The fraction of sp³-hybridized carbons (Fsp3) is 0.381. The van der Waals surface area contributed by atoms with Crippen LogP contribution in [-0.4, -0.2) is 31.7 Å². The molecule has 144 valence electrons. The van der Waals surface area contributed by atoms with Crippen LogP contribution in [-0.2, 0) is 14.8 Å². The third-order valence-electron chi connectivity index (χ3n) is 5.40. The molecule has 1 heterocycles. The van der Waals surface area contributed by atoms with Gasteiger partial charge in [0.25, 0.3) is 0 Å². The van der Waals surface area contributed by atoms with E-state index in [1.54, 1.807) is 25.1 Å². The highest BCUT2D eigenvalue weighted by Gasteiger charge is 2.32. The van der Waals surface area contributed by atoms with Gasteiger partial charge in [0.15, 0.2) is 0 Å². The maximum atomic E-state index is 12.9. The number of piperidine rings is 1. The Bertz CT molecular complexity index is 946. The quantitative estimate of drug-likeness (QED) is 0.872. The molecule has 0 radical (unpaired) electrons. The lowest BCUT2D eigenvalue weighted by atomic mass is 9.97. The minimum atomic E-state index is -3.51. The van der Waals surface area contributed by atoms with Gasteiger partial charge in [-0.3, -0.25) is 4.79 Å². The molecule has 2 aromatic carbocycles. The van der Waals surface area contributed by atoms with Gasteiger partial charge < -0.3 is 5.32 Å². The Morgan fingerprint density at radius 3 is 2.26 bits per heavy atom. The van der Waals surface area contributed by atoms with Crippen LogP contribution in [0.4, 0.5) is 5.69 Å². The van der Waals surface area contributed by atoms with Crippen LogP contribution in [0.5, 0.6) is 0 Å². The molecule has 2 aromatic rings. The maximum Gasteiger partial charge on any atom is 0.243 e. The van der Waals surface area contributed by atoms with Crippen molar-refractivity contribution in [3.8, 4) is 0 Å². The molecular weight excluding hydrogens is 360 g/mol. The first kappa shape index (κ1) is 19.6. The first-order valence-electron chi connectivity index (χ1n) is 9.23. The Balaban J connectivity index is 1.66. The average molecular weight is 387 g/mol. The second kappa shape index (κ2) is 7.82. The van der Waals surface area contributed by atoms with Crippen LogP contribution in [0, 0.1) is 26.7 Å². The number of carbonyl (C=O) groups is 1. The van der Waals surface area contributed by atoms with Crippen molar-refractivity contribution in [3.05, 3.63) is 59.2 Å². The number of anilines is 1. The fourth-order valence-electron chi connectivity index (χ4n) is 3.46. The van der Waals surface area contributed by atoms with E-state index in [9.17, 15) is 13.2 Å². The Morgan fingerprint density at radius 1 is 0.963 bits per heavy atom. The smallest absolute Gasteiger partial charge is 0.243 e. The molecule has 0 spiro atoms. The highest BCUT2D eigenvalue weighted by atomic mass is 32.2. The molecule has 0 atom stereocenters. The van der Waals surface area contributed by atoms with Crippen LogP contribution in [0.1, 0.15) is 29.5 Å².